The molecule has 0 fully saturated rings. The second-order valence-electron chi connectivity index (χ2n) is 2.98. The van der Waals surface area contributed by atoms with Gasteiger partial charge in [-0.05, 0) is 30.4 Å². The zero-order chi connectivity index (χ0) is 9.68. The van der Waals surface area contributed by atoms with Gasteiger partial charge in [-0.3, -0.25) is 0 Å². The molecule has 0 aliphatic rings. The lowest BCUT2D eigenvalue weighted by Gasteiger charge is -2.08. The molecule has 1 N–H and O–H groups in total. The van der Waals surface area contributed by atoms with Gasteiger partial charge in [-0.25, -0.2) is 0 Å². The first-order valence-corrected chi connectivity index (χ1v) is 4.70. The third kappa shape index (κ3) is 3.11. The van der Waals surface area contributed by atoms with Gasteiger partial charge in [-0.1, -0.05) is 26.0 Å². The minimum absolute atomic E-state index is 0.607. The average molecular weight is 178 g/mol. The molecule has 0 bridgehead atoms. The highest BCUT2D eigenvalue weighted by atomic mass is 16.5. The minimum Gasteiger partial charge on any atom is -0.536 e. The molecule has 0 radical (unpaired) electrons. The van der Waals surface area contributed by atoms with E-state index in [2.05, 4.69) is 6.92 Å². The van der Waals surface area contributed by atoms with Gasteiger partial charge in [0.1, 0.15) is 5.75 Å². The SMILES string of the molecule is CCB(O)Oc1ccc(CC)cc1. The summed E-state index contributed by atoms with van der Waals surface area (Å²) in [5.74, 6) is 0.728. The molecule has 0 amide bonds. The van der Waals surface area contributed by atoms with E-state index in [9.17, 15) is 5.02 Å². The maximum Gasteiger partial charge on any atom is 0.522 e. The van der Waals surface area contributed by atoms with E-state index in [0.717, 1.165) is 12.2 Å². The molecule has 0 atom stereocenters. The van der Waals surface area contributed by atoms with Gasteiger partial charge in [0.15, 0.2) is 0 Å². The maximum atomic E-state index is 9.22. The third-order valence-electron chi connectivity index (χ3n) is 1.95. The van der Waals surface area contributed by atoms with Gasteiger partial charge in [0, 0.05) is 0 Å². The Morgan fingerprint density at radius 2 is 1.85 bits per heavy atom. The summed E-state index contributed by atoms with van der Waals surface area (Å²) in [5.41, 5.74) is 1.28. The van der Waals surface area contributed by atoms with Crippen molar-refractivity contribution in [2.24, 2.45) is 0 Å². The second-order valence-corrected chi connectivity index (χ2v) is 2.98. The number of hydrogen-bond acceptors (Lipinski definition) is 2. The Morgan fingerprint density at radius 3 is 2.31 bits per heavy atom. The third-order valence-corrected chi connectivity index (χ3v) is 1.95. The number of rotatable bonds is 4. The highest BCUT2D eigenvalue weighted by molar-refractivity contribution is 6.43. The maximum absolute atomic E-state index is 9.22. The fourth-order valence-electron chi connectivity index (χ4n) is 1.04. The fraction of sp³-hybridized carbons (Fsp3) is 0.400. The van der Waals surface area contributed by atoms with Crippen molar-refractivity contribution >= 4 is 7.12 Å². The van der Waals surface area contributed by atoms with Crippen LogP contribution in [0.2, 0.25) is 6.32 Å². The molecule has 13 heavy (non-hydrogen) atoms. The van der Waals surface area contributed by atoms with Crippen LogP contribution in [0, 0.1) is 0 Å². The summed E-state index contributed by atoms with van der Waals surface area (Å²) < 4.78 is 5.22. The molecule has 70 valence electrons. The Balaban J connectivity index is 2.58. The molecule has 2 nitrogen and oxygen atoms in total. The van der Waals surface area contributed by atoms with Crippen molar-refractivity contribution in [1.29, 1.82) is 0 Å². The van der Waals surface area contributed by atoms with E-state index in [1.54, 1.807) is 0 Å². The van der Waals surface area contributed by atoms with Crippen LogP contribution in [0.15, 0.2) is 24.3 Å². The van der Waals surface area contributed by atoms with E-state index in [1.807, 2.05) is 31.2 Å². The molecular weight excluding hydrogens is 163 g/mol. The van der Waals surface area contributed by atoms with Gasteiger partial charge in [0.25, 0.3) is 0 Å². The van der Waals surface area contributed by atoms with E-state index >= 15 is 0 Å². The smallest absolute Gasteiger partial charge is 0.522 e. The largest absolute Gasteiger partial charge is 0.536 e. The Morgan fingerprint density at radius 1 is 1.23 bits per heavy atom. The fourth-order valence-corrected chi connectivity index (χ4v) is 1.04. The molecule has 0 aliphatic heterocycles. The van der Waals surface area contributed by atoms with Crippen molar-refractivity contribution in [3.8, 4) is 5.75 Å². The molecule has 0 unspecified atom stereocenters. The topological polar surface area (TPSA) is 29.5 Å². The van der Waals surface area contributed by atoms with Crippen LogP contribution in [0.25, 0.3) is 0 Å². The van der Waals surface area contributed by atoms with E-state index in [0.29, 0.717) is 6.32 Å². The minimum atomic E-state index is -0.688. The second kappa shape index (κ2) is 4.92. The lowest BCUT2D eigenvalue weighted by molar-refractivity contribution is 0.416. The Hall–Kier alpha value is -0.955. The van der Waals surface area contributed by atoms with Gasteiger partial charge in [0.05, 0.1) is 0 Å². The van der Waals surface area contributed by atoms with Gasteiger partial charge in [-0.2, -0.15) is 0 Å². The first-order chi connectivity index (χ1) is 6.26. The van der Waals surface area contributed by atoms with E-state index < -0.39 is 7.12 Å². The van der Waals surface area contributed by atoms with Crippen LogP contribution in [-0.2, 0) is 6.42 Å². The van der Waals surface area contributed by atoms with E-state index in [4.69, 9.17) is 4.65 Å². The van der Waals surface area contributed by atoms with Gasteiger partial charge in [0.2, 0.25) is 0 Å². The van der Waals surface area contributed by atoms with Crippen LogP contribution in [0.3, 0.4) is 0 Å². The van der Waals surface area contributed by atoms with Crippen LogP contribution in [0.5, 0.6) is 5.75 Å². The molecule has 0 saturated carbocycles. The molecule has 1 rings (SSSR count). The highest BCUT2D eigenvalue weighted by Gasteiger charge is 2.10. The molecule has 0 aliphatic carbocycles. The van der Waals surface area contributed by atoms with Crippen molar-refractivity contribution in [2.75, 3.05) is 0 Å². The first kappa shape index (κ1) is 10.1. The molecule has 0 saturated heterocycles. The molecule has 1 aromatic carbocycles. The summed E-state index contributed by atoms with van der Waals surface area (Å²) in [7, 11) is -0.688. The zero-order valence-corrected chi connectivity index (χ0v) is 8.16. The van der Waals surface area contributed by atoms with Crippen LogP contribution in [0.4, 0.5) is 0 Å². The predicted molar refractivity (Wildman–Crippen MR) is 54.9 cm³/mol. The summed E-state index contributed by atoms with van der Waals surface area (Å²) in [4.78, 5) is 0. The standard InChI is InChI=1S/C10H15BO2/c1-3-9-5-7-10(8-6-9)13-11(12)4-2/h5-8,12H,3-4H2,1-2H3. The summed E-state index contributed by atoms with van der Waals surface area (Å²) in [5, 5.41) is 9.22. The highest BCUT2D eigenvalue weighted by Crippen LogP contribution is 2.13. The molecule has 3 heteroatoms. The lowest BCUT2D eigenvalue weighted by Crippen LogP contribution is -2.19. The van der Waals surface area contributed by atoms with Crippen molar-refractivity contribution in [3.63, 3.8) is 0 Å². The van der Waals surface area contributed by atoms with Crippen molar-refractivity contribution in [2.45, 2.75) is 26.6 Å². The summed E-state index contributed by atoms with van der Waals surface area (Å²) in [6.45, 7) is 3.99. The van der Waals surface area contributed by atoms with Gasteiger partial charge in [-0.15, -0.1) is 0 Å². The summed E-state index contributed by atoms with van der Waals surface area (Å²) in [6.07, 6.45) is 1.63. The monoisotopic (exact) mass is 178 g/mol. The Bertz CT molecular complexity index is 246. The van der Waals surface area contributed by atoms with Crippen LogP contribution >= 0.6 is 0 Å². The quantitative estimate of drug-likeness (QED) is 0.715. The zero-order valence-electron chi connectivity index (χ0n) is 8.16. The summed E-state index contributed by atoms with van der Waals surface area (Å²) in [6, 6.07) is 7.80. The molecule has 0 spiro atoms. The van der Waals surface area contributed by atoms with E-state index in [-0.39, 0.29) is 0 Å². The first-order valence-electron chi connectivity index (χ1n) is 4.70. The number of hydrogen-bond donors (Lipinski definition) is 1. The Labute approximate surface area is 79.7 Å². The average Bonchev–Trinajstić information content (AvgIpc) is 2.19. The molecule has 0 heterocycles. The van der Waals surface area contributed by atoms with Crippen molar-refractivity contribution in [1.82, 2.24) is 0 Å². The lowest BCUT2D eigenvalue weighted by atomic mass is 9.87. The summed E-state index contributed by atoms with van der Waals surface area (Å²) >= 11 is 0. The molecular formula is C10H15BO2. The number of benzene rings is 1. The van der Waals surface area contributed by atoms with E-state index in [1.165, 1.54) is 5.56 Å². The van der Waals surface area contributed by atoms with Crippen LogP contribution < -0.4 is 4.65 Å². The van der Waals surface area contributed by atoms with Gasteiger partial charge >= 0.3 is 7.12 Å². The number of aryl methyl sites for hydroxylation is 1. The Kier molecular flexibility index (Phi) is 3.84. The van der Waals surface area contributed by atoms with Crippen LogP contribution in [0.1, 0.15) is 19.4 Å². The molecule has 0 aromatic heterocycles. The van der Waals surface area contributed by atoms with Gasteiger partial charge < -0.3 is 9.68 Å². The molecule has 1 aromatic rings. The van der Waals surface area contributed by atoms with Crippen LogP contribution in [-0.4, -0.2) is 12.1 Å². The van der Waals surface area contributed by atoms with Crippen molar-refractivity contribution < 1.29 is 9.68 Å². The van der Waals surface area contributed by atoms with Crippen molar-refractivity contribution in [3.05, 3.63) is 29.8 Å². The predicted octanol–water partition coefficient (Wildman–Crippen LogP) is 2.13. The normalized spacial score (nSPS) is 9.77.